The summed E-state index contributed by atoms with van der Waals surface area (Å²) in [4.78, 5) is 0. The van der Waals surface area contributed by atoms with E-state index in [4.69, 9.17) is 11.6 Å². The highest BCUT2D eigenvalue weighted by molar-refractivity contribution is 6.30. The van der Waals surface area contributed by atoms with Gasteiger partial charge in [0.15, 0.2) is 0 Å². The van der Waals surface area contributed by atoms with Gasteiger partial charge in [-0.3, -0.25) is 0 Å². The Morgan fingerprint density at radius 3 is 2.21 bits per heavy atom. The van der Waals surface area contributed by atoms with E-state index in [1.54, 1.807) is 0 Å². The summed E-state index contributed by atoms with van der Waals surface area (Å²) >= 11 is 5.47. The Morgan fingerprint density at radius 2 is 1.68 bits per heavy atom. The minimum absolute atomic E-state index is 0.0897. The van der Waals surface area contributed by atoms with Crippen molar-refractivity contribution in [3.63, 3.8) is 0 Å². The molecule has 0 heterocycles. The SMILES string of the molecule is FC(F)(F)CCCNc1ccc(Cl)cc1C(F)(F)F. The first-order chi connectivity index (χ1) is 8.59. The molecule has 1 aromatic rings. The molecule has 0 amide bonds. The predicted molar refractivity (Wildman–Crippen MR) is 60.2 cm³/mol. The zero-order valence-electron chi connectivity index (χ0n) is 9.50. The Bertz CT molecular complexity index is 426. The fourth-order valence-electron chi connectivity index (χ4n) is 1.42. The first-order valence-electron chi connectivity index (χ1n) is 5.27. The molecule has 0 saturated heterocycles. The van der Waals surface area contributed by atoms with E-state index in [-0.39, 0.29) is 23.7 Å². The van der Waals surface area contributed by atoms with E-state index in [0.717, 1.165) is 12.1 Å². The number of halogens is 7. The molecule has 1 aromatic carbocycles. The molecule has 1 N–H and O–H groups in total. The van der Waals surface area contributed by atoms with Crippen LogP contribution in [0, 0.1) is 0 Å². The summed E-state index contributed by atoms with van der Waals surface area (Å²) < 4.78 is 73.6. The lowest BCUT2D eigenvalue weighted by Gasteiger charge is -2.15. The second-order valence-electron chi connectivity index (χ2n) is 3.83. The molecule has 1 nitrogen and oxygen atoms in total. The van der Waals surface area contributed by atoms with Gasteiger partial charge < -0.3 is 5.32 Å². The van der Waals surface area contributed by atoms with Crippen molar-refractivity contribution in [3.8, 4) is 0 Å². The fourth-order valence-corrected chi connectivity index (χ4v) is 1.59. The standard InChI is InChI=1S/C11H10ClF6N/c12-7-2-3-9(8(6-7)11(16,17)18)19-5-1-4-10(13,14)15/h2-3,6,19H,1,4-5H2. The van der Waals surface area contributed by atoms with Crippen molar-refractivity contribution < 1.29 is 26.3 Å². The summed E-state index contributed by atoms with van der Waals surface area (Å²) in [6.45, 7) is -0.204. The van der Waals surface area contributed by atoms with Crippen molar-refractivity contribution in [1.29, 1.82) is 0 Å². The van der Waals surface area contributed by atoms with Gasteiger partial charge in [0, 0.05) is 23.7 Å². The van der Waals surface area contributed by atoms with Gasteiger partial charge in [0.25, 0.3) is 0 Å². The van der Waals surface area contributed by atoms with Crippen LogP contribution in [0.2, 0.25) is 5.02 Å². The largest absolute Gasteiger partial charge is 0.418 e. The molecule has 0 radical (unpaired) electrons. The average Bonchev–Trinajstić information content (AvgIpc) is 2.23. The smallest absolute Gasteiger partial charge is 0.385 e. The molecule has 0 atom stereocenters. The highest BCUT2D eigenvalue weighted by Gasteiger charge is 2.33. The van der Waals surface area contributed by atoms with Crippen molar-refractivity contribution in [3.05, 3.63) is 28.8 Å². The Kier molecular flexibility index (Phi) is 4.95. The first-order valence-corrected chi connectivity index (χ1v) is 5.65. The monoisotopic (exact) mass is 305 g/mol. The van der Waals surface area contributed by atoms with Gasteiger partial charge in [-0.25, -0.2) is 0 Å². The van der Waals surface area contributed by atoms with Crippen molar-refractivity contribution in [1.82, 2.24) is 0 Å². The summed E-state index contributed by atoms with van der Waals surface area (Å²) in [5.41, 5.74) is -1.27. The molecule has 0 aliphatic heterocycles. The maximum Gasteiger partial charge on any atom is 0.418 e. The lowest BCUT2D eigenvalue weighted by molar-refractivity contribution is -0.137. The molecule has 0 aliphatic carbocycles. The molecular weight excluding hydrogens is 296 g/mol. The summed E-state index contributed by atoms with van der Waals surface area (Å²) in [6.07, 6.45) is -10.3. The summed E-state index contributed by atoms with van der Waals surface area (Å²) in [5.74, 6) is 0. The molecule has 0 saturated carbocycles. The van der Waals surface area contributed by atoms with Crippen LogP contribution in [0.1, 0.15) is 18.4 Å². The van der Waals surface area contributed by atoms with Crippen LogP contribution in [0.25, 0.3) is 0 Å². The van der Waals surface area contributed by atoms with Crippen LogP contribution in [-0.2, 0) is 6.18 Å². The third-order valence-electron chi connectivity index (χ3n) is 2.24. The van der Waals surface area contributed by atoms with Crippen LogP contribution in [0.5, 0.6) is 0 Å². The number of hydrogen-bond donors (Lipinski definition) is 1. The lowest BCUT2D eigenvalue weighted by atomic mass is 10.1. The topological polar surface area (TPSA) is 12.0 Å². The first kappa shape index (κ1) is 15.9. The van der Waals surface area contributed by atoms with Gasteiger partial charge in [-0.2, -0.15) is 26.3 Å². The molecular formula is C11H10ClF6N. The predicted octanol–water partition coefficient (Wildman–Crippen LogP) is 5.11. The Morgan fingerprint density at radius 1 is 1.05 bits per heavy atom. The quantitative estimate of drug-likeness (QED) is 0.602. The number of hydrogen-bond acceptors (Lipinski definition) is 1. The molecule has 0 fully saturated rings. The summed E-state index contributed by atoms with van der Waals surface area (Å²) in [5, 5.41) is 2.25. The third-order valence-corrected chi connectivity index (χ3v) is 2.47. The van der Waals surface area contributed by atoms with Crippen LogP contribution >= 0.6 is 11.6 Å². The molecule has 108 valence electrons. The van der Waals surface area contributed by atoms with Gasteiger partial charge in [-0.15, -0.1) is 0 Å². The maximum absolute atomic E-state index is 12.6. The van der Waals surface area contributed by atoms with Crippen molar-refractivity contribution in [2.24, 2.45) is 0 Å². The zero-order chi connectivity index (χ0) is 14.7. The van der Waals surface area contributed by atoms with Gasteiger partial charge in [-0.1, -0.05) is 11.6 Å². The molecule has 19 heavy (non-hydrogen) atoms. The molecule has 0 aromatic heterocycles. The highest BCUT2D eigenvalue weighted by Crippen LogP contribution is 2.36. The highest BCUT2D eigenvalue weighted by atomic mass is 35.5. The van der Waals surface area contributed by atoms with Gasteiger partial charge in [0.05, 0.1) is 5.56 Å². The van der Waals surface area contributed by atoms with Crippen LogP contribution in [0.4, 0.5) is 32.0 Å². The fraction of sp³-hybridized carbons (Fsp3) is 0.455. The van der Waals surface area contributed by atoms with Crippen LogP contribution in [0.15, 0.2) is 18.2 Å². The van der Waals surface area contributed by atoms with Crippen LogP contribution < -0.4 is 5.32 Å². The Balaban J connectivity index is 2.68. The number of rotatable bonds is 4. The van der Waals surface area contributed by atoms with Gasteiger partial charge in [-0.05, 0) is 24.6 Å². The molecule has 0 unspecified atom stereocenters. The number of anilines is 1. The van der Waals surface area contributed by atoms with E-state index in [1.807, 2.05) is 0 Å². The van der Waals surface area contributed by atoms with Crippen LogP contribution in [0.3, 0.4) is 0 Å². The Hall–Kier alpha value is -1.11. The zero-order valence-corrected chi connectivity index (χ0v) is 10.3. The van der Waals surface area contributed by atoms with Gasteiger partial charge >= 0.3 is 12.4 Å². The van der Waals surface area contributed by atoms with Crippen molar-refractivity contribution >= 4 is 17.3 Å². The molecule has 8 heteroatoms. The second-order valence-corrected chi connectivity index (χ2v) is 4.27. The summed E-state index contributed by atoms with van der Waals surface area (Å²) in [6, 6.07) is 3.06. The van der Waals surface area contributed by atoms with E-state index in [2.05, 4.69) is 5.32 Å². The average molecular weight is 306 g/mol. The second kappa shape index (κ2) is 5.90. The summed E-state index contributed by atoms with van der Waals surface area (Å²) in [7, 11) is 0. The van der Waals surface area contributed by atoms with Crippen LogP contribution in [-0.4, -0.2) is 12.7 Å². The lowest BCUT2D eigenvalue weighted by Crippen LogP contribution is -2.14. The molecule has 0 spiro atoms. The minimum atomic E-state index is -4.61. The number of nitrogens with one attached hydrogen (secondary N) is 1. The third kappa shape index (κ3) is 5.59. The van der Waals surface area contributed by atoms with E-state index in [9.17, 15) is 26.3 Å². The Labute approximate surface area is 110 Å². The molecule has 0 aliphatic rings. The molecule has 1 rings (SSSR count). The van der Waals surface area contributed by atoms with E-state index in [1.165, 1.54) is 6.07 Å². The number of alkyl halides is 6. The van der Waals surface area contributed by atoms with Crippen molar-refractivity contribution in [2.45, 2.75) is 25.2 Å². The van der Waals surface area contributed by atoms with Gasteiger partial charge in [0.2, 0.25) is 0 Å². The van der Waals surface area contributed by atoms with E-state index < -0.39 is 24.3 Å². The maximum atomic E-state index is 12.6. The minimum Gasteiger partial charge on any atom is -0.385 e. The normalized spacial score (nSPS) is 12.6. The molecule has 0 bridgehead atoms. The number of benzene rings is 1. The van der Waals surface area contributed by atoms with Crippen molar-refractivity contribution in [2.75, 3.05) is 11.9 Å². The van der Waals surface area contributed by atoms with E-state index >= 15 is 0 Å². The van der Waals surface area contributed by atoms with Gasteiger partial charge in [0.1, 0.15) is 0 Å². The van der Waals surface area contributed by atoms with E-state index in [0.29, 0.717) is 0 Å².